The highest BCUT2D eigenvalue weighted by Crippen LogP contribution is 1.99. The van der Waals surface area contributed by atoms with Crippen molar-refractivity contribution in [3.63, 3.8) is 0 Å². The van der Waals surface area contributed by atoms with Crippen molar-refractivity contribution in [3.8, 4) is 0 Å². The molecule has 102 valence electrons. The van der Waals surface area contributed by atoms with E-state index in [1.807, 2.05) is 0 Å². The molecule has 1 rings (SSSR count). The molecule has 1 aliphatic rings. The van der Waals surface area contributed by atoms with E-state index < -0.39 is 0 Å². The van der Waals surface area contributed by atoms with Gasteiger partial charge in [-0.2, -0.15) is 0 Å². The van der Waals surface area contributed by atoms with Crippen molar-refractivity contribution in [1.82, 2.24) is 10.2 Å². The minimum atomic E-state index is 0.447. The van der Waals surface area contributed by atoms with Gasteiger partial charge in [-0.15, -0.1) is 0 Å². The molecule has 0 aromatic heterocycles. The molecule has 0 amide bonds. The van der Waals surface area contributed by atoms with Gasteiger partial charge in [0, 0.05) is 53.0 Å². The monoisotopic (exact) mass is 246 g/mol. The summed E-state index contributed by atoms with van der Waals surface area (Å²) < 4.78 is 15.7. The summed E-state index contributed by atoms with van der Waals surface area (Å²) in [6, 6.07) is 0.447. The Labute approximate surface area is 104 Å². The molecule has 1 N–H and O–H groups in total. The van der Waals surface area contributed by atoms with E-state index in [4.69, 9.17) is 14.2 Å². The number of morpholine rings is 1. The topological polar surface area (TPSA) is 43.0 Å². The quantitative estimate of drug-likeness (QED) is 0.578. The van der Waals surface area contributed by atoms with Crippen LogP contribution in [0, 0.1) is 0 Å². The van der Waals surface area contributed by atoms with Crippen LogP contribution in [-0.2, 0) is 14.2 Å². The van der Waals surface area contributed by atoms with Gasteiger partial charge in [-0.05, 0) is 6.42 Å². The van der Waals surface area contributed by atoms with E-state index in [9.17, 15) is 0 Å². The highest BCUT2D eigenvalue weighted by Gasteiger charge is 2.16. The lowest BCUT2D eigenvalue weighted by Crippen LogP contribution is -2.49. The first-order chi connectivity index (χ1) is 8.36. The molecule has 1 saturated heterocycles. The number of hydrogen-bond donors (Lipinski definition) is 1. The van der Waals surface area contributed by atoms with Gasteiger partial charge in [0.1, 0.15) is 0 Å². The zero-order valence-electron chi connectivity index (χ0n) is 11.1. The van der Waals surface area contributed by atoms with E-state index >= 15 is 0 Å². The van der Waals surface area contributed by atoms with Crippen molar-refractivity contribution in [2.45, 2.75) is 12.5 Å². The zero-order valence-corrected chi connectivity index (χ0v) is 11.1. The fraction of sp³-hybridized carbons (Fsp3) is 1.00. The molecule has 0 aromatic carbocycles. The van der Waals surface area contributed by atoms with Gasteiger partial charge in [0.15, 0.2) is 0 Å². The highest BCUT2D eigenvalue weighted by molar-refractivity contribution is 4.74. The molecule has 1 fully saturated rings. The molecule has 0 saturated carbocycles. The minimum absolute atomic E-state index is 0.447. The molecule has 0 bridgehead atoms. The summed E-state index contributed by atoms with van der Waals surface area (Å²) in [5, 5.41) is 3.48. The first-order valence-corrected chi connectivity index (χ1v) is 6.38. The smallest absolute Gasteiger partial charge is 0.0632 e. The lowest BCUT2D eigenvalue weighted by atomic mass is 10.2. The molecule has 0 spiro atoms. The summed E-state index contributed by atoms with van der Waals surface area (Å²) in [6.45, 7) is 7.24. The van der Waals surface area contributed by atoms with Crippen molar-refractivity contribution in [1.29, 1.82) is 0 Å². The van der Waals surface area contributed by atoms with Crippen LogP contribution in [0.4, 0.5) is 0 Å². The second-order valence-electron chi connectivity index (χ2n) is 4.37. The first kappa shape index (κ1) is 14.9. The maximum Gasteiger partial charge on any atom is 0.0632 e. The molecular weight excluding hydrogens is 220 g/mol. The van der Waals surface area contributed by atoms with Crippen molar-refractivity contribution < 1.29 is 14.2 Å². The molecule has 1 heterocycles. The summed E-state index contributed by atoms with van der Waals surface area (Å²) >= 11 is 0. The third-order valence-electron chi connectivity index (χ3n) is 2.91. The van der Waals surface area contributed by atoms with Crippen molar-refractivity contribution in [2.75, 3.05) is 66.8 Å². The summed E-state index contributed by atoms with van der Waals surface area (Å²) in [4.78, 5) is 2.41. The van der Waals surface area contributed by atoms with Gasteiger partial charge in [-0.3, -0.25) is 4.90 Å². The average molecular weight is 246 g/mol. The van der Waals surface area contributed by atoms with Crippen LogP contribution in [0.5, 0.6) is 0 Å². The van der Waals surface area contributed by atoms with E-state index in [0.29, 0.717) is 6.04 Å². The van der Waals surface area contributed by atoms with Gasteiger partial charge in [0.25, 0.3) is 0 Å². The first-order valence-electron chi connectivity index (χ1n) is 6.38. The van der Waals surface area contributed by atoms with E-state index in [2.05, 4.69) is 10.2 Å². The lowest BCUT2D eigenvalue weighted by Gasteiger charge is -2.30. The predicted octanol–water partition coefficient (Wildman–Crippen LogP) is -0.0403. The third-order valence-corrected chi connectivity index (χ3v) is 2.91. The number of hydrogen-bond acceptors (Lipinski definition) is 5. The van der Waals surface area contributed by atoms with Crippen LogP contribution < -0.4 is 5.32 Å². The molecule has 5 heteroatoms. The second-order valence-corrected chi connectivity index (χ2v) is 4.37. The van der Waals surface area contributed by atoms with Crippen LogP contribution in [-0.4, -0.2) is 77.8 Å². The van der Waals surface area contributed by atoms with Crippen LogP contribution in [0.2, 0.25) is 0 Å². The normalized spacial score (nSPS) is 21.0. The van der Waals surface area contributed by atoms with Gasteiger partial charge in [-0.25, -0.2) is 0 Å². The predicted molar refractivity (Wildman–Crippen MR) is 67.4 cm³/mol. The molecule has 1 atom stereocenters. The van der Waals surface area contributed by atoms with Gasteiger partial charge >= 0.3 is 0 Å². The summed E-state index contributed by atoms with van der Waals surface area (Å²) in [5.41, 5.74) is 0. The lowest BCUT2D eigenvalue weighted by molar-refractivity contribution is 0.0546. The van der Waals surface area contributed by atoms with E-state index in [0.717, 1.165) is 59.0 Å². The van der Waals surface area contributed by atoms with Gasteiger partial charge in [0.05, 0.1) is 19.8 Å². The average Bonchev–Trinajstić information content (AvgIpc) is 2.37. The number of ether oxygens (including phenoxy) is 3. The Bertz CT molecular complexity index is 175. The van der Waals surface area contributed by atoms with E-state index in [-0.39, 0.29) is 0 Å². The molecule has 17 heavy (non-hydrogen) atoms. The van der Waals surface area contributed by atoms with Gasteiger partial charge in [-0.1, -0.05) is 0 Å². The van der Waals surface area contributed by atoms with Crippen LogP contribution in [0.1, 0.15) is 6.42 Å². The fourth-order valence-electron chi connectivity index (χ4n) is 2.00. The minimum Gasteiger partial charge on any atom is -0.385 e. The Balaban J connectivity index is 2.22. The largest absolute Gasteiger partial charge is 0.385 e. The Hall–Kier alpha value is -0.200. The van der Waals surface area contributed by atoms with Crippen LogP contribution in [0.25, 0.3) is 0 Å². The number of nitrogens with one attached hydrogen (secondary N) is 1. The second kappa shape index (κ2) is 9.79. The Morgan fingerprint density at radius 3 is 2.71 bits per heavy atom. The fourth-order valence-corrected chi connectivity index (χ4v) is 2.00. The molecule has 5 nitrogen and oxygen atoms in total. The van der Waals surface area contributed by atoms with Crippen LogP contribution >= 0.6 is 0 Å². The van der Waals surface area contributed by atoms with E-state index in [1.54, 1.807) is 14.2 Å². The highest BCUT2D eigenvalue weighted by atomic mass is 16.5. The molecule has 1 unspecified atom stereocenters. The number of nitrogens with zero attached hydrogens (tertiary/aromatic N) is 1. The summed E-state index contributed by atoms with van der Waals surface area (Å²) in [6.07, 6.45) is 1.06. The molecule has 0 radical (unpaired) electrons. The summed E-state index contributed by atoms with van der Waals surface area (Å²) in [7, 11) is 3.49. The van der Waals surface area contributed by atoms with Crippen molar-refractivity contribution in [2.24, 2.45) is 0 Å². The molecule has 0 aliphatic carbocycles. The summed E-state index contributed by atoms with van der Waals surface area (Å²) in [5.74, 6) is 0. The molecule has 0 aromatic rings. The SMILES string of the molecule is COCCCN(CCOC)CC1COCCN1. The van der Waals surface area contributed by atoms with E-state index in [1.165, 1.54) is 0 Å². The van der Waals surface area contributed by atoms with Gasteiger partial charge < -0.3 is 19.5 Å². The van der Waals surface area contributed by atoms with Crippen molar-refractivity contribution >= 4 is 0 Å². The maximum absolute atomic E-state index is 5.47. The zero-order chi connectivity index (χ0) is 12.3. The van der Waals surface area contributed by atoms with Crippen LogP contribution in [0.15, 0.2) is 0 Å². The third kappa shape index (κ3) is 6.95. The van der Waals surface area contributed by atoms with Crippen LogP contribution in [0.3, 0.4) is 0 Å². The number of rotatable bonds is 9. The van der Waals surface area contributed by atoms with Gasteiger partial charge in [0.2, 0.25) is 0 Å². The Morgan fingerprint density at radius 2 is 2.06 bits per heavy atom. The molecule has 1 aliphatic heterocycles. The van der Waals surface area contributed by atoms with Crippen molar-refractivity contribution in [3.05, 3.63) is 0 Å². The Kier molecular flexibility index (Phi) is 8.56. The maximum atomic E-state index is 5.47. The number of methoxy groups -OCH3 is 2. The standard InChI is InChI=1S/C12H26N2O3/c1-15-7-3-5-14(6-9-16-2)10-12-11-17-8-4-13-12/h12-13H,3-11H2,1-2H3. The molecular formula is C12H26N2O3. The Morgan fingerprint density at radius 1 is 1.24 bits per heavy atom.